The van der Waals surface area contributed by atoms with Crippen molar-refractivity contribution in [3.63, 3.8) is 0 Å². The van der Waals surface area contributed by atoms with E-state index in [4.69, 9.17) is 0 Å². The van der Waals surface area contributed by atoms with Crippen molar-refractivity contribution in [1.82, 2.24) is 0 Å². The number of hydrogen-bond donors (Lipinski definition) is 0. The monoisotopic (exact) mass is 339 g/mol. The molecule has 0 spiro atoms. The summed E-state index contributed by atoms with van der Waals surface area (Å²) in [5.74, 6) is -19.4. The standard InChI is InChI=1S/C12H8F9O/c13-9(14,8-3-1-2-7(6-8)4-5-22)10(15,16)11(17,18)12(19,20)21/h1-3,6H,4-5H2. The zero-order valence-electron chi connectivity index (χ0n) is 10.5. The van der Waals surface area contributed by atoms with E-state index in [1.165, 1.54) is 0 Å². The fraction of sp³-hybridized carbons (Fsp3) is 0.500. The topological polar surface area (TPSA) is 19.9 Å². The van der Waals surface area contributed by atoms with Crippen LogP contribution in [-0.2, 0) is 17.4 Å². The van der Waals surface area contributed by atoms with Crippen molar-refractivity contribution in [3.05, 3.63) is 35.4 Å². The van der Waals surface area contributed by atoms with Crippen molar-refractivity contribution in [3.8, 4) is 0 Å². The van der Waals surface area contributed by atoms with E-state index in [0.717, 1.165) is 12.1 Å². The van der Waals surface area contributed by atoms with E-state index in [1.54, 1.807) is 0 Å². The van der Waals surface area contributed by atoms with Crippen LogP contribution in [-0.4, -0.2) is 24.6 Å². The van der Waals surface area contributed by atoms with Gasteiger partial charge in [-0.1, -0.05) is 18.2 Å². The van der Waals surface area contributed by atoms with Gasteiger partial charge in [0.25, 0.3) is 0 Å². The summed E-state index contributed by atoms with van der Waals surface area (Å²) in [6.07, 6.45) is -7.22. The summed E-state index contributed by atoms with van der Waals surface area (Å²) in [6, 6.07) is 2.43. The van der Waals surface area contributed by atoms with Crippen LogP contribution >= 0.6 is 0 Å². The van der Waals surface area contributed by atoms with Gasteiger partial charge < -0.3 is 0 Å². The molecular formula is C12H8F9O. The average molecular weight is 339 g/mol. The Morgan fingerprint density at radius 3 is 1.82 bits per heavy atom. The summed E-state index contributed by atoms with van der Waals surface area (Å²) in [6.45, 7) is -0.801. The Balaban J connectivity index is 3.35. The normalized spacial score (nSPS) is 14.3. The van der Waals surface area contributed by atoms with Crippen LogP contribution < -0.4 is 0 Å². The maximum Gasteiger partial charge on any atom is 0.460 e. The zero-order chi connectivity index (χ0) is 17.4. The first-order valence-corrected chi connectivity index (χ1v) is 5.66. The molecule has 22 heavy (non-hydrogen) atoms. The second kappa shape index (κ2) is 5.64. The predicted molar refractivity (Wildman–Crippen MR) is 55.5 cm³/mol. The molecule has 1 aromatic rings. The Morgan fingerprint density at radius 2 is 1.36 bits per heavy atom. The van der Waals surface area contributed by atoms with Gasteiger partial charge in [-0.25, -0.2) is 5.11 Å². The first kappa shape index (κ1) is 18.6. The third kappa shape index (κ3) is 2.88. The molecule has 10 heteroatoms. The molecule has 1 nitrogen and oxygen atoms in total. The summed E-state index contributed by atoms with van der Waals surface area (Å²) in [7, 11) is 0. The van der Waals surface area contributed by atoms with Gasteiger partial charge in [0.15, 0.2) is 0 Å². The minimum Gasteiger partial charge on any atom is -0.236 e. The summed E-state index contributed by atoms with van der Waals surface area (Å²) < 4.78 is 115. The van der Waals surface area contributed by atoms with E-state index in [0.29, 0.717) is 6.07 Å². The van der Waals surface area contributed by atoms with Gasteiger partial charge in [0.1, 0.15) is 0 Å². The highest BCUT2D eigenvalue weighted by atomic mass is 19.4. The lowest BCUT2D eigenvalue weighted by atomic mass is 9.95. The van der Waals surface area contributed by atoms with E-state index < -0.39 is 36.1 Å². The Bertz CT molecular complexity index is 522. The third-order valence-electron chi connectivity index (χ3n) is 2.82. The Labute approximate surface area is 118 Å². The first-order chi connectivity index (χ1) is 9.79. The maximum atomic E-state index is 13.6. The van der Waals surface area contributed by atoms with Gasteiger partial charge in [-0.05, 0) is 18.1 Å². The van der Waals surface area contributed by atoms with Gasteiger partial charge in [0.2, 0.25) is 0 Å². The van der Waals surface area contributed by atoms with Gasteiger partial charge in [-0.15, -0.1) is 0 Å². The van der Waals surface area contributed by atoms with Crippen LogP contribution in [0.5, 0.6) is 0 Å². The molecule has 0 fully saturated rings. The van der Waals surface area contributed by atoms with E-state index in [1.807, 2.05) is 0 Å². The molecule has 0 aromatic heterocycles. The lowest BCUT2D eigenvalue weighted by molar-refractivity contribution is -0.399. The molecule has 0 aliphatic carbocycles. The molecule has 0 saturated carbocycles. The van der Waals surface area contributed by atoms with Crippen LogP contribution in [0.15, 0.2) is 24.3 Å². The SMILES string of the molecule is [O]CCc1cccc(C(F)(F)C(F)(F)C(F)(F)C(F)(F)F)c1. The maximum absolute atomic E-state index is 13.6. The van der Waals surface area contributed by atoms with E-state index in [-0.39, 0.29) is 18.1 Å². The minimum atomic E-state index is -6.93. The van der Waals surface area contributed by atoms with E-state index in [9.17, 15) is 44.6 Å². The summed E-state index contributed by atoms with van der Waals surface area (Å²) in [5.41, 5.74) is -1.91. The Kier molecular flexibility index (Phi) is 4.76. The van der Waals surface area contributed by atoms with Crippen molar-refractivity contribution >= 4 is 0 Å². The largest absolute Gasteiger partial charge is 0.460 e. The van der Waals surface area contributed by atoms with Gasteiger partial charge in [0, 0.05) is 5.56 Å². The summed E-state index contributed by atoms with van der Waals surface area (Å²) in [4.78, 5) is 0. The molecule has 0 aliphatic heterocycles. The molecular weight excluding hydrogens is 331 g/mol. The molecule has 0 saturated heterocycles. The number of hydrogen-bond acceptors (Lipinski definition) is 0. The quantitative estimate of drug-likeness (QED) is 0.700. The molecule has 0 N–H and O–H groups in total. The van der Waals surface area contributed by atoms with Crippen LogP contribution in [0.1, 0.15) is 11.1 Å². The molecule has 0 heterocycles. The predicted octanol–water partition coefficient (Wildman–Crippen LogP) is 4.58. The number of rotatable bonds is 5. The Hall–Kier alpha value is -1.45. The first-order valence-electron chi connectivity index (χ1n) is 5.66. The average Bonchev–Trinajstić information content (AvgIpc) is 2.37. The van der Waals surface area contributed by atoms with Gasteiger partial charge in [-0.2, -0.15) is 39.5 Å². The molecule has 0 amide bonds. The van der Waals surface area contributed by atoms with Gasteiger partial charge in [-0.3, -0.25) is 0 Å². The smallest absolute Gasteiger partial charge is 0.236 e. The van der Waals surface area contributed by atoms with Crippen molar-refractivity contribution < 1.29 is 44.6 Å². The van der Waals surface area contributed by atoms with Crippen LogP contribution in [0, 0.1) is 0 Å². The third-order valence-corrected chi connectivity index (χ3v) is 2.82. The highest BCUT2D eigenvalue weighted by Crippen LogP contribution is 2.56. The van der Waals surface area contributed by atoms with Crippen LogP contribution in [0.25, 0.3) is 0 Å². The molecule has 0 aliphatic rings. The molecule has 1 aromatic carbocycles. The van der Waals surface area contributed by atoms with Crippen molar-refractivity contribution in [2.75, 3.05) is 6.61 Å². The molecule has 0 atom stereocenters. The minimum absolute atomic E-state index is 0.182. The summed E-state index contributed by atoms with van der Waals surface area (Å²) in [5, 5.41) is 10.3. The summed E-state index contributed by atoms with van der Waals surface area (Å²) >= 11 is 0. The highest BCUT2D eigenvalue weighted by Gasteiger charge is 2.81. The number of benzene rings is 1. The molecule has 1 radical (unpaired) electrons. The fourth-order valence-corrected chi connectivity index (χ4v) is 1.60. The van der Waals surface area contributed by atoms with Crippen molar-refractivity contribution in [1.29, 1.82) is 0 Å². The zero-order valence-corrected chi connectivity index (χ0v) is 10.5. The number of alkyl halides is 9. The number of halogens is 9. The fourth-order valence-electron chi connectivity index (χ4n) is 1.60. The van der Waals surface area contributed by atoms with E-state index >= 15 is 0 Å². The molecule has 1 rings (SSSR count). The van der Waals surface area contributed by atoms with Crippen molar-refractivity contribution in [2.45, 2.75) is 30.4 Å². The van der Waals surface area contributed by atoms with Crippen LogP contribution in [0.2, 0.25) is 0 Å². The van der Waals surface area contributed by atoms with Gasteiger partial charge in [0.05, 0.1) is 6.61 Å². The highest BCUT2D eigenvalue weighted by molar-refractivity contribution is 5.29. The van der Waals surface area contributed by atoms with E-state index in [2.05, 4.69) is 0 Å². The Morgan fingerprint density at radius 1 is 0.818 bits per heavy atom. The molecule has 0 unspecified atom stereocenters. The van der Waals surface area contributed by atoms with Gasteiger partial charge >= 0.3 is 23.9 Å². The van der Waals surface area contributed by atoms with Crippen LogP contribution in [0.3, 0.4) is 0 Å². The molecule has 125 valence electrons. The van der Waals surface area contributed by atoms with Crippen LogP contribution in [0.4, 0.5) is 39.5 Å². The lowest BCUT2D eigenvalue weighted by Crippen LogP contribution is -2.59. The second-order valence-corrected chi connectivity index (χ2v) is 4.38. The lowest BCUT2D eigenvalue weighted by Gasteiger charge is -2.33. The van der Waals surface area contributed by atoms with Crippen molar-refractivity contribution in [2.24, 2.45) is 0 Å². The second-order valence-electron chi connectivity index (χ2n) is 4.38. The molecule has 0 bridgehead atoms.